The molecule has 0 aliphatic carbocycles. The molecule has 2 aromatic rings. The van der Waals surface area contributed by atoms with Crippen LogP contribution in [0.25, 0.3) is 0 Å². The molecule has 0 saturated heterocycles. The van der Waals surface area contributed by atoms with Gasteiger partial charge in [0.1, 0.15) is 0 Å². The van der Waals surface area contributed by atoms with Gasteiger partial charge in [0.05, 0.1) is 0 Å². The first-order valence-corrected chi connectivity index (χ1v) is 7.04. The highest BCUT2D eigenvalue weighted by Gasteiger charge is 2.04. The van der Waals surface area contributed by atoms with Crippen molar-refractivity contribution in [2.45, 2.75) is 13.3 Å². The summed E-state index contributed by atoms with van der Waals surface area (Å²) in [5.74, 6) is -0.0339. The molecule has 0 spiro atoms. The van der Waals surface area contributed by atoms with Gasteiger partial charge in [0, 0.05) is 16.6 Å². The van der Waals surface area contributed by atoms with Crippen LogP contribution in [0.3, 0.4) is 0 Å². The molecule has 2 rings (SSSR count). The molecular formula is C16H16BrNO. The van der Waals surface area contributed by atoms with Crippen molar-refractivity contribution in [1.82, 2.24) is 5.32 Å². The highest BCUT2D eigenvalue weighted by molar-refractivity contribution is 9.10. The molecule has 19 heavy (non-hydrogen) atoms. The third-order valence-corrected chi connectivity index (χ3v) is 3.40. The van der Waals surface area contributed by atoms with Gasteiger partial charge in [0.25, 0.3) is 5.91 Å². The minimum atomic E-state index is -0.0339. The van der Waals surface area contributed by atoms with Crippen molar-refractivity contribution >= 4 is 21.8 Å². The van der Waals surface area contributed by atoms with E-state index in [2.05, 4.69) is 52.4 Å². The Hall–Kier alpha value is -1.61. The fourth-order valence-electron chi connectivity index (χ4n) is 1.81. The van der Waals surface area contributed by atoms with Crippen molar-refractivity contribution in [1.29, 1.82) is 0 Å². The lowest BCUT2D eigenvalue weighted by atomic mass is 10.1. The molecule has 0 unspecified atom stereocenters. The molecule has 1 amide bonds. The third-order valence-electron chi connectivity index (χ3n) is 2.91. The minimum absolute atomic E-state index is 0.0339. The van der Waals surface area contributed by atoms with Gasteiger partial charge in [-0.1, -0.05) is 51.8 Å². The molecule has 0 saturated carbocycles. The average molecular weight is 318 g/mol. The van der Waals surface area contributed by atoms with E-state index < -0.39 is 0 Å². The molecule has 0 aliphatic rings. The van der Waals surface area contributed by atoms with Crippen LogP contribution in [0.1, 0.15) is 21.5 Å². The molecular weight excluding hydrogens is 302 g/mol. The van der Waals surface area contributed by atoms with Crippen LogP contribution < -0.4 is 5.32 Å². The van der Waals surface area contributed by atoms with Gasteiger partial charge in [0.2, 0.25) is 0 Å². The molecule has 3 heteroatoms. The molecule has 0 aliphatic heterocycles. The van der Waals surface area contributed by atoms with Crippen molar-refractivity contribution in [3.05, 3.63) is 69.7 Å². The van der Waals surface area contributed by atoms with E-state index in [0.29, 0.717) is 12.1 Å². The van der Waals surface area contributed by atoms with Crippen LogP contribution in [0, 0.1) is 6.92 Å². The number of amides is 1. The molecule has 0 heterocycles. The van der Waals surface area contributed by atoms with Gasteiger partial charge in [0.15, 0.2) is 0 Å². The summed E-state index contributed by atoms with van der Waals surface area (Å²) >= 11 is 3.36. The summed E-state index contributed by atoms with van der Waals surface area (Å²) in [6.07, 6.45) is 0.847. The predicted octanol–water partition coefficient (Wildman–Crippen LogP) is 3.73. The van der Waals surface area contributed by atoms with E-state index in [0.717, 1.165) is 10.9 Å². The number of benzene rings is 2. The van der Waals surface area contributed by atoms with Crippen LogP contribution in [0.5, 0.6) is 0 Å². The van der Waals surface area contributed by atoms with Crippen LogP contribution in [0.2, 0.25) is 0 Å². The van der Waals surface area contributed by atoms with Gasteiger partial charge in [-0.15, -0.1) is 0 Å². The lowest BCUT2D eigenvalue weighted by molar-refractivity contribution is 0.0954. The Bertz CT molecular complexity index is 563. The van der Waals surface area contributed by atoms with Gasteiger partial charge in [-0.05, 0) is 37.1 Å². The van der Waals surface area contributed by atoms with Crippen LogP contribution in [0.15, 0.2) is 53.0 Å². The second-order valence-corrected chi connectivity index (χ2v) is 5.42. The fraction of sp³-hybridized carbons (Fsp3) is 0.188. The Morgan fingerprint density at radius 2 is 1.89 bits per heavy atom. The topological polar surface area (TPSA) is 29.1 Å². The van der Waals surface area contributed by atoms with E-state index in [1.807, 2.05) is 24.3 Å². The minimum Gasteiger partial charge on any atom is -0.352 e. The maximum absolute atomic E-state index is 11.9. The van der Waals surface area contributed by atoms with Crippen LogP contribution in [-0.4, -0.2) is 12.5 Å². The van der Waals surface area contributed by atoms with Crippen LogP contribution >= 0.6 is 15.9 Å². The molecule has 2 nitrogen and oxygen atoms in total. The first-order valence-electron chi connectivity index (χ1n) is 6.24. The largest absolute Gasteiger partial charge is 0.352 e. The zero-order valence-corrected chi connectivity index (χ0v) is 12.4. The SMILES string of the molecule is Cc1ccc(CCNC(=O)c2cccc(Br)c2)cc1. The van der Waals surface area contributed by atoms with E-state index in [1.165, 1.54) is 11.1 Å². The maximum Gasteiger partial charge on any atom is 0.251 e. The maximum atomic E-state index is 11.9. The van der Waals surface area contributed by atoms with Crippen molar-refractivity contribution in [3.63, 3.8) is 0 Å². The first-order chi connectivity index (χ1) is 9.15. The lowest BCUT2D eigenvalue weighted by Crippen LogP contribution is -2.25. The second kappa shape index (κ2) is 6.53. The zero-order valence-electron chi connectivity index (χ0n) is 10.8. The van der Waals surface area contributed by atoms with Gasteiger partial charge in [-0.25, -0.2) is 0 Å². The molecule has 0 radical (unpaired) electrons. The Labute approximate surface area is 122 Å². The molecule has 0 aromatic heterocycles. The molecule has 0 bridgehead atoms. The summed E-state index contributed by atoms with van der Waals surface area (Å²) < 4.78 is 0.915. The summed E-state index contributed by atoms with van der Waals surface area (Å²) in [5.41, 5.74) is 3.17. The highest BCUT2D eigenvalue weighted by Crippen LogP contribution is 2.11. The van der Waals surface area contributed by atoms with Gasteiger partial charge < -0.3 is 5.32 Å². The van der Waals surface area contributed by atoms with E-state index in [1.54, 1.807) is 0 Å². The number of carbonyl (C=O) groups is 1. The normalized spacial score (nSPS) is 10.2. The van der Waals surface area contributed by atoms with Gasteiger partial charge >= 0.3 is 0 Å². The van der Waals surface area contributed by atoms with E-state index in [9.17, 15) is 4.79 Å². The monoisotopic (exact) mass is 317 g/mol. The summed E-state index contributed by atoms with van der Waals surface area (Å²) in [7, 11) is 0. The summed E-state index contributed by atoms with van der Waals surface area (Å²) in [5, 5.41) is 2.93. The van der Waals surface area contributed by atoms with Crippen molar-refractivity contribution in [2.75, 3.05) is 6.54 Å². The summed E-state index contributed by atoms with van der Waals surface area (Å²) in [6, 6.07) is 15.8. The summed E-state index contributed by atoms with van der Waals surface area (Å²) in [4.78, 5) is 11.9. The Kier molecular flexibility index (Phi) is 4.74. The predicted molar refractivity (Wildman–Crippen MR) is 81.4 cm³/mol. The first kappa shape index (κ1) is 13.8. The molecule has 1 N–H and O–H groups in total. The second-order valence-electron chi connectivity index (χ2n) is 4.50. The van der Waals surface area contributed by atoms with E-state index in [4.69, 9.17) is 0 Å². The van der Waals surface area contributed by atoms with Crippen molar-refractivity contribution in [2.24, 2.45) is 0 Å². The highest BCUT2D eigenvalue weighted by atomic mass is 79.9. The van der Waals surface area contributed by atoms with Crippen molar-refractivity contribution < 1.29 is 4.79 Å². The average Bonchev–Trinajstić information content (AvgIpc) is 2.41. The Balaban J connectivity index is 1.86. The molecule has 0 fully saturated rings. The van der Waals surface area contributed by atoms with Gasteiger partial charge in [-0.2, -0.15) is 0 Å². The Morgan fingerprint density at radius 1 is 1.16 bits per heavy atom. The molecule has 2 aromatic carbocycles. The van der Waals surface area contributed by atoms with E-state index in [-0.39, 0.29) is 5.91 Å². The number of halogens is 1. The lowest BCUT2D eigenvalue weighted by Gasteiger charge is -2.06. The number of nitrogens with one attached hydrogen (secondary N) is 1. The number of rotatable bonds is 4. The molecule has 98 valence electrons. The zero-order chi connectivity index (χ0) is 13.7. The van der Waals surface area contributed by atoms with Crippen LogP contribution in [0.4, 0.5) is 0 Å². The van der Waals surface area contributed by atoms with E-state index >= 15 is 0 Å². The van der Waals surface area contributed by atoms with Crippen molar-refractivity contribution in [3.8, 4) is 0 Å². The standard InChI is InChI=1S/C16H16BrNO/c1-12-5-7-13(8-6-12)9-10-18-16(19)14-3-2-4-15(17)11-14/h2-8,11H,9-10H2,1H3,(H,18,19). The number of hydrogen-bond donors (Lipinski definition) is 1. The smallest absolute Gasteiger partial charge is 0.251 e. The summed E-state index contributed by atoms with van der Waals surface area (Å²) in [6.45, 7) is 2.72. The third kappa shape index (κ3) is 4.21. The quantitative estimate of drug-likeness (QED) is 0.914. The van der Waals surface area contributed by atoms with Crippen LogP contribution in [-0.2, 0) is 6.42 Å². The Morgan fingerprint density at radius 3 is 2.58 bits per heavy atom. The number of hydrogen-bond acceptors (Lipinski definition) is 1. The van der Waals surface area contributed by atoms with Gasteiger partial charge in [-0.3, -0.25) is 4.79 Å². The fourth-order valence-corrected chi connectivity index (χ4v) is 2.21. The number of carbonyl (C=O) groups excluding carboxylic acids is 1. The number of aryl methyl sites for hydroxylation is 1. The molecule has 0 atom stereocenters.